The van der Waals surface area contributed by atoms with E-state index in [2.05, 4.69) is 19.1 Å². The van der Waals surface area contributed by atoms with E-state index in [1.807, 2.05) is 12.1 Å². The molecule has 0 heterocycles. The Morgan fingerprint density at radius 1 is 0.875 bits per heavy atom. The molecule has 0 saturated heterocycles. The number of hydrogen-bond donors (Lipinski definition) is 0. The summed E-state index contributed by atoms with van der Waals surface area (Å²) in [5.41, 5.74) is 1.43. The Bertz CT molecular complexity index is 263. The van der Waals surface area contributed by atoms with Gasteiger partial charge in [-0.1, -0.05) is 51.2 Å². The van der Waals surface area contributed by atoms with Crippen molar-refractivity contribution in [3.63, 3.8) is 0 Å². The van der Waals surface area contributed by atoms with Crippen molar-refractivity contribution in [2.24, 2.45) is 0 Å². The van der Waals surface area contributed by atoms with Crippen LogP contribution in [0.3, 0.4) is 0 Å². The quantitative estimate of drug-likeness (QED) is 0.582. The summed E-state index contributed by atoms with van der Waals surface area (Å²) >= 11 is 0. The SMILES string of the molecule is CCCCCCCCc1ccc(OC)cc1. The van der Waals surface area contributed by atoms with E-state index in [0.29, 0.717) is 0 Å². The van der Waals surface area contributed by atoms with Crippen LogP contribution in [0.4, 0.5) is 0 Å². The van der Waals surface area contributed by atoms with Gasteiger partial charge < -0.3 is 4.74 Å². The monoisotopic (exact) mass is 220 g/mol. The van der Waals surface area contributed by atoms with Gasteiger partial charge in [-0.3, -0.25) is 0 Å². The number of unbranched alkanes of at least 4 members (excludes halogenated alkanes) is 5. The topological polar surface area (TPSA) is 9.23 Å². The zero-order valence-electron chi connectivity index (χ0n) is 10.7. The van der Waals surface area contributed by atoms with E-state index < -0.39 is 0 Å². The zero-order valence-corrected chi connectivity index (χ0v) is 10.7. The number of hydrogen-bond acceptors (Lipinski definition) is 1. The molecule has 1 rings (SSSR count). The Balaban J connectivity index is 2.12. The molecule has 0 fully saturated rings. The average molecular weight is 220 g/mol. The summed E-state index contributed by atoms with van der Waals surface area (Å²) in [6.07, 6.45) is 9.41. The van der Waals surface area contributed by atoms with Crippen molar-refractivity contribution in [3.8, 4) is 5.75 Å². The Labute approximate surface area is 99.8 Å². The molecule has 0 aliphatic rings. The lowest BCUT2D eigenvalue weighted by atomic mass is 10.1. The minimum absolute atomic E-state index is 0.951. The van der Waals surface area contributed by atoms with Crippen molar-refractivity contribution in [1.82, 2.24) is 0 Å². The van der Waals surface area contributed by atoms with Gasteiger partial charge in [-0.2, -0.15) is 0 Å². The summed E-state index contributed by atoms with van der Waals surface area (Å²) in [7, 11) is 1.71. The van der Waals surface area contributed by atoms with Crippen LogP contribution in [0, 0.1) is 0 Å². The summed E-state index contributed by atoms with van der Waals surface area (Å²) < 4.78 is 5.14. The Kier molecular flexibility index (Phi) is 6.71. The fraction of sp³-hybridized carbons (Fsp3) is 0.600. The largest absolute Gasteiger partial charge is 0.497 e. The molecule has 0 aliphatic carbocycles. The molecule has 90 valence electrons. The summed E-state index contributed by atoms with van der Waals surface area (Å²) in [5.74, 6) is 0.951. The third kappa shape index (κ3) is 5.20. The van der Waals surface area contributed by atoms with E-state index in [4.69, 9.17) is 4.74 Å². The lowest BCUT2D eigenvalue weighted by Crippen LogP contribution is -1.87. The number of methoxy groups -OCH3 is 1. The van der Waals surface area contributed by atoms with Gasteiger partial charge in [0.15, 0.2) is 0 Å². The number of aryl methyl sites for hydroxylation is 1. The summed E-state index contributed by atoms with van der Waals surface area (Å²) in [4.78, 5) is 0. The Morgan fingerprint density at radius 2 is 1.50 bits per heavy atom. The average Bonchev–Trinajstić information content (AvgIpc) is 2.34. The van der Waals surface area contributed by atoms with E-state index in [0.717, 1.165) is 5.75 Å². The van der Waals surface area contributed by atoms with E-state index in [-0.39, 0.29) is 0 Å². The number of rotatable bonds is 8. The standard InChI is InChI=1S/C15H24O/c1-3-4-5-6-7-8-9-14-10-12-15(16-2)13-11-14/h10-13H,3-9H2,1-2H3. The highest BCUT2D eigenvalue weighted by atomic mass is 16.5. The van der Waals surface area contributed by atoms with Crippen LogP contribution in [0.2, 0.25) is 0 Å². The van der Waals surface area contributed by atoms with Crippen LogP contribution in [-0.4, -0.2) is 7.11 Å². The molecule has 1 aromatic carbocycles. The molecule has 1 heteroatoms. The van der Waals surface area contributed by atoms with E-state index in [1.54, 1.807) is 7.11 Å². The summed E-state index contributed by atoms with van der Waals surface area (Å²) in [5, 5.41) is 0. The van der Waals surface area contributed by atoms with Crippen molar-refractivity contribution in [2.75, 3.05) is 7.11 Å². The maximum Gasteiger partial charge on any atom is 0.118 e. The van der Waals surface area contributed by atoms with Crippen molar-refractivity contribution >= 4 is 0 Å². The predicted octanol–water partition coefficient (Wildman–Crippen LogP) is 4.60. The third-order valence-electron chi connectivity index (χ3n) is 2.98. The predicted molar refractivity (Wildman–Crippen MR) is 70.1 cm³/mol. The van der Waals surface area contributed by atoms with Crippen molar-refractivity contribution in [3.05, 3.63) is 29.8 Å². The van der Waals surface area contributed by atoms with Gasteiger partial charge in [0.05, 0.1) is 7.11 Å². The zero-order chi connectivity index (χ0) is 11.6. The molecule has 0 unspecified atom stereocenters. The maximum absolute atomic E-state index is 5.14. The van der Waals surface area contributed by atoms with E-state index in [1.165, 1.54) is 50.5 Å². The minimum Gasteiger partial charge on any atom is -0.497 e. The second-order valence-electron chi connectivity index (χ2n) is 4.37. The highest BCUT2D eigenvalue weighted by Crippen LogP contribution is 2.14. The van der Waals surface area contributed by atoms with Crippen LogP contribution in [-0.2, 0) is 6.42 Å². The van der Waals surface area contributed by atoms with Crippen LogP contribution in [0.15, 0.2) is 24.3 Å². The van der Waals surface area contributed by atoms with Gasteiger partial charge in [0.1, 0.15) is 5.75 Å². The Morgan fingerprint density at radius 3 is 2.12 bits per heavy atom. The van der Waals surface area contributed by atoms with Gasteiger partial charge in [0, 0.05) is 0 Å². The van der Waals surface area contributed by atoms with Crippen molar-refractivity contribution < 1.29 is 4.74 Å². The maximum atomic E-state index is 5.14. The highest BCUT2D eigenvalue weighted by Gasteiger charge is 1.95. The number of benzene rings is 1. The molecular formula is C15H24O. The fourth-order valence-corrected chi connectivity index (χ4v) is 1.90. The van der Waals surface area contributed by atoms with E-state index >= 15 is 0 Å². The minimum atomic E-state index is 0.951. The molecule has 0 aliphatic heterocycles. The Hall–Kier alpha value is -0.980. The molecule has 16 heavy (non-hydrogen) atoms. The highest BCUT2D eigenvalue weighted by molar-refractivity contribution is 5.27. The van der Waals surface area contributed by atoms with Gasteiger partial charge in [0.2, 0.25) is 0 Å². The van der Waals surface area contributed by atoms with Crippen LogP contribution >= 0.6 is 0 Å². The first-order chi connectivity index (χ1) is 7.86. The first-order valence-electron chi connectivity index (χ1n) is 6.49. The van der Waals surface area contributed by atoms with Gasteiger partial charge >= 0.3 is 0 Å². The molecule has 0 N–H and O–H groups in total. The molecule has 0 aromatic heterocycles. The number of ether oxygens (including phenoxy) is 1. The molecule has 0 spiro atoms. The smallest absolute Gasteiger partial charge is 0.118 e. The molecule has 0 atom stereocenters. The molecular weight excluding hydrogens is 196 g/mol. The third-order valence-corrected chi connectivity index (χ3v) is 2.98. The van der Waals surface area contributed by atoms with Crippen LogP contribution in [0.1, 0.15) is 51.0 Å². The molecule has 0 radical (unpaired) electrons. The normalized spacial score (nSPS) is 10.4. The summed E-state index contributed by atoms with van der Waals surface area (Å²) in [6, 6.07) is 8.44. The summed E-state index contributed by atoms with van der Waals surface area (Å²) in [6.45, 7) is 2.26. The van der Waals surface area contributed by atoms with Crippen LogP contribution in [0.25, 0.3) is 0 Å². The van der Waals surface area contributed by atoms with Crippen molar-refractivity contribution in [1.29, 1.82) is 0 Å². The van der Waals surface area contributed by atoms with E-state index in [9.17, 15) is 0 Å². The van der Waals surface area contributed by atoms with Gasteiger partial charge in [0.25, 0.3) is 0 Å². The molecule has 1 nitrogen and oxygen atoms in total. The lowest BCUT2D eigenvalue weighted by Gasteiger charge is -2.03. The van der Waals surface area contributed by atoms with Gasteiger partial charge in [-0.15, -0.1) is 0 Å². The molecule has 0 amide bonds. The fourth-order valence-electron chi connectivity index (χ4n) is 1.90. The van der Waals surface area contributed by atoms with Crippen LogP contribution < -0.4 is 4.74 Å². The molecule has 0 saturated carbocycles. The van der Waals surface area contributed by atoms with Gasteiger partial charge in [-0.25, -0.2) is 0 Å². The first kappa shape index (κ1) is 13.1. The molecule has 1 aromatic rings. The second-order valence-corrected chi connectivity index (χ2v) is 4.37. The molecule has 0 bridgehead atoms. The van der Waals surface area contributed by atoms with Crippen molar-refractivity contribution in [2.45, 2.75) is 51.9 Å². The van der Waals surface area contributed by atoms with Crippen LogP contribution in [0.5, 0.6) is 5.75 Å². The lowest BCUT2D eigenvalue weighted by molar-refractivity contribution is 0.414. The van der Waals surface area contributed by atoms with Gasteiger partial charge in [-0.05, 0) is 30.5 Å². The second kappa shape index (κ2) is 8.20. The first-order valence-corrected chi connectivity index (χ1v) is 6.49.